The number of carbonyl (C=O) groups is 1. The molecule has 138 valence electrons. The van der Waals surface area contributed by atoms with E-state index in [0.29, 0.717) is 22.3 Å². The molecular weight excluding hydrogens is 366 g/mol. The molecule has 0 radical (unpaired) electrons. The first kappa shape index (κ1) is 22.2. The Bertz CT molecular complexity index is 1070. The van der Waals surface area contributed by atoms with Gasteiger partial charge in [0.2, 0.25) is 5.52 Å². The van der Waals surface area contributed by atoms with Crippen LogP contribution in [0.15, 0.2) is 60.7 Å². The van der Waals surface area contributed by atoms with E-state index in [1.54, 1.807) is 62.4 Å². The number of hydrogen-bond acceptors (Lipinski definition) is 4. The second-order valence-corrected chi connectivity index (χ2v) is 8.66. The summed E-state index contributed by atoms with van der Waals surface area (Å²) in [6.45, 7) is 5.38. The van der Waals surface area contributed by atoms with Gasteiger partial charge in [-0.25, -0.2) is 0 Å². The molecule has 0 aromatic heterocycles. The molecule has 3 rings (SSSR count). The van der Waals surface area contributed by atoms with Crippen LogP contribution in [0.5, 0.6) is 5.75 Å². The van der Waals surface area contributed by atoms with Gasteiger partial charge < -0.3 is 14.6 Å². The van der Waals surface area contributed by atoms with E-state index < -0.39 is 12.9 Å². The third-order valence-corrected chi connectivity index (χ3v) is 6.36. The molecule has 1 N–H and O–H groups in total. The third-order valence-electron chi connectivity index (χ3n) is 4.57. The fourth-order valence-corrected chi connectivity index (χ4v) is 5.09. The number of rotatable bonds is 4. The zero-order valence-electron chi connectivity index (χ0n) is 16.4. The number of aryl methyl sites for hydroxylation is 3. The number of carbonyl (C=O) groups excluding carboxylic acids is 1. The van der Waals surface area contributed by atoms with Crippen molar-refractivity contribution in [2.75, 3.05) is 0 Å². The van der Waals surface area contributed by atoms with Crippen molar-refractivity contribution in [3.8, 4) is 16.9 Å². The molecule has 3 aromatic rings. The van der Waals surface area contributed by atoms with E-state index >= 15 is 0 Å². The summed E-state index contributed by atoms with van der Waals surface area (Å²) in [5, 5.41) is 10.1. The molecule has 0 aliphatic heterocycles. The summed E-state index contributed by atoms with van der Waals surface area (Å²) >= 11 is 0. The van der Waals surface area contributed by atoms with Gasteiger partial charge in [-0.3, -0.25) is 4.79 Å². The van der Waals surface area contributed by atoms with Crippen LogP contribution in [0.2, 0.25) is 0 Å². The van der Waals surface area contributed by atoms with Gasteiger partial charge in [0.1, 0.15) is 13.1 Å². The summed E-state index contributed by atoms with van der Waals surface area (Å²) in [5.74, 6) is -0.0416. The van der Waals surface area contributed by atoms with Gasteiger partial charge in [-0.15, -0.1) is 0 Å². The summed E-state index contributed by atoms with van der Waals surface area (Å²) in [4.78, 5) is 26.3. The van der Waals surface area contributed by atoms with Crippen molar-refractivity contribution in [2.45, 2.75) is 20.8 Å². The van der Waals surface area contributed by atoms with Crippen LogP contribution in [0.3, 0.4) is 0 Å². The van der Waals surface area contributed by atoms with Gasteiger partial charge >= 0.3 is 18.9 Å². The first-order valence-corrected chi connectivity index (χ1v) is 10.2. The van der Waals surface area contributed by atoms with Crippen LogP contribution in [0.1, 0.15) is 27.0 Å². The van der Waals surface area contributed by atoms with E-state index in [2.05, 4.69) is 0 Å². The van der Waals surface area contributed by atoms with E-state index in [0.717, 1.165) is 5.56 Å². The SMILES string of the molecule is Cc1cc(C)c(C(=O)P(=O)([O-])c2ccccc2-c2ccccc2O)c(C)c1.[Li+]. The van der Waals surface area contributed by atoms with Gasteiger partial charge in [0.15, 0.2) is 0 Å². The van der Waals surface area contributed by atoms with Crippen LogP contribution >= 0.6 is 7.37 Å². The van der Waals surface area contributed by atoms with Gasteiger partial charge in [-0.2, -0.15) is 0 Å². The molecule has 1 atom stereocenters. The minimum absolute atomic E-state index is 0. The zero-order valence-corrected chi connectivity index (χ0v) is 17.3. The number of aromatic hydroxyl groups is 1. The Morgan fingerprint density at radius 1 is 0.893 bits per heavy atom. The molecular formula is C22H20LiO4P. The number of phenolic OH excluding ortho intramolecular Hbond substituents is 1. The second kappa shape index (κ2) is 8.51. The van der Waals surface area contributed by atoms with Crippen molar-refractivity contribution < 1.29 is 38.2 Å². The zero-order chi connectivity index (χ0) is 19.8. The van der Waals surface area contributed by atoms with Crippen molar-refractivity contribution in [1.82, 2.24) is 0 Å². The normalized spacial score (nSPS) is 12.7. The molecule has 0 spiro atoms. The van der Waals surface area contributed by atoms with Crippen molar-refractivity contribution in [1.29, 1.82) is 0 Å². The monoisotopic (exact) mass is 386 g/mol. The Hall–Kier alpha value is -2.08. The van der Waals surface area contributed by atoms with Crippen LogP contribution in [0.25, 0.3) is 11.1 Å². The Labute approximate surface area is 176 Å². The molecule has 0 amide bonds. The predicted octanol–water partition coefficient (Wildman–Crippen LogP) is 1.09. The van der Waals surface area contributed by atoms with E-state index in [1.807, 2.05) is 6.92 Å². The van der Waals surface area contributed by atoms with Gasteiger partial charge in [-0.1, -0.05) is 60.2 Å². The summed E-state index contributed by atoms with van der Waals surface area (Å²) in [6, 6.07) is 16.3. The van der Waals surface area contributed by atoms with Crippen LogP contribution in [-0.4, -0.2) is 10.6 Å². The van der Waals surface area contributed by atoms with Gasteiger partial charge in [0.05, 0.1) is 0 Å². The van der Waals surface area contributed by atoms with Crippen molar-refractivity contribution in [3.63, 3.8) is 0 Å². The molecule has 0 heterocycles. The fraction of sp³-hybridized carbons (Fsp3) is 0.136. The molecule has 6 heteroatoms. The number of hydrogen-bond donors (Lipinski definition) is 1. The topological polar surface area (TPSA) is 77.4 Å². The summed E-state index contributed by atoms with van der Waals surface area (Å²) in [7, 11) is -4.65. The molecule has 4 nitrogen and oxygen atoms in total. The summed E-state index contributed by atoms with van der Waals surface area (Å²) in [5.41, 5.74) is 2.23. The standard InChI is InChI=1S/C22H21O4P.Li/c1-14-12-15(2)21(16(3)13-14)22(24)27(25,26)20-11-7-5-9-18(20)17-8-4-6-10-19(17)23;/h4-13,23H,1-3H3,(H,25,26);/q;+1/p-1. The molecule has 0 aliphatic rings. The molecule has 0 bridgehead atoms. The van der Waals surface area contributed by atoms with Crippen LogP contribution in [0.4, 0.5) is 0 Å². The Morgan fingerprint density at radius 2 is 1.39 bits per heavy atom. The molecule has 28 heavy (non-hydrogen) atoms. The fourth-order valence-electron chi connectivity index (χ4n) is 3.43. The predicted molar refractivity (Wildman–Crippen MR) is 106 cm³/mol. The van der Waals surface area contributed by atoms with E-state index in [-0.39, 0.29) is 35.5 Å². The quantitative estimate of drug-likeness (QED) is 0.538. The van der Waals surface area contributed by atoms with E-state index in [1.165, 1.54) is 12.1 Å². The first-order valence-electron chi connectivity index (χ1n) is 8.55. The molecule has 3 aromatic carbocycles. The largest absolute Gasteiger partial charge is 1.00 e. The number of benzene rings is 3. The molecule has 0 saturated heterocycles. The maximum atomic E-state index is 13.2. The van der Waals surface area contributed by atoms with Crippen LogP contribution < -0.4 is 29.1 Å². The van der Waals surface area contributed by atoms with E-state index in [4.69, 9.17) is 0 Å². The van der Waals surface area contributed by atoms with Crippen molar-refractivity contribution >= 4 is 18.2 Å². The maximum absolute atomic E-state index is 13.2. The smallest absolute Gasteiger partial charge is 0.790 e. The van der Waals surface area contributed by atoms with E-state index in [9.17, 15) is 19.4 Å². The number of para-hydroxylation sites is 1. The summed E-state index contributed by atoms with van der Waals surface area (Å²) < 4.78 is 13.2. The number of phenols is 1. The van der Waals surface area contributed by atoms with Gasteiger partial charge in [0.25, 0.3) is 0 Å². The first-order chi connectivity index (χ1) is 12.7. The molecule has 1 unspecified atom stereocenters. The second-order valence-electron chi connectivity index (χ2n) is 6.66. The summed E-state index contributed by atoms with van der Waals surface area (Å²) in [6.07, 6.45) is 0. The Balaban J connectivity index is 0.00000280. The van der Waals surface area contributed by atoms with Gasteiger partial charge in [-0.05, 0) is 43.5 Å². The average Bonchev–Trinajstić information content (AvgIpc) is 2.61. The Kier molecular flexibility index (Phi) is 6.75. The third kappa shape index (κ3) is 4.02. The maximum Gasteiger partial charge on any atom is 1.00 e. The Morgan fingerprint density at radius 3 is 1.96 bits per heavy atom. The van der Waals surface area contributed by atoms with Crippen molar-refractivity contribution in [2.24, 2.45) is 0 Å². The minimum atomic E-state index is -4.65. The molecule has 0 fully saturated rings. The van der Waals surface area contributed by atoms with Crippen LogP contribution in [0, 0.1) is 20.8 Å². The van der Waals surface area contributed by atoms with Gasteiger partial charge in [0, 0.05) is 16.4 Å². The van der Waals surface area contributed by atoms with Crippen molar-refractivity contribution in [3.05, 3.63) is 82.9 Å². The molecule has 0 aliphatic carbocycles. The minimum Gasteiger partial charge on any atom is -0.790 e. The van der Waals surface area contributed by atoms with Crippen LogP contribution in [-0.2, 0) is 4.57 Å². The molecule has 0 saturated carbocycles. The average molecular weight is 386 g/mol.